The minimum atomic E-state index is -3.66. The number of benzene rings is 1. The van der Waals surface area contributed by atoms with Gasteiger partial charge in [0.1, 0.15) is 5.82 Å². The van der Waals surface area contributed by atoms with Gasteiger partial charge in [0.15, 0.2) is 9.84 Å². The molecule has 0 radical (unpaired) electrons. The van der Waals surface area contributed by atoms with E-state index in [0.717, 1.165) is 18.2 Å². The second-order valence-corrected chi connectivity index (χ2v) is 5.57. The topological polar surface area (TPSA) is 80.7 Å². The Morgan fingerprint density at radius 2 is 2.11 bits per heavy atom. The molecule has 0 unspecified atom stereocenters. The van der Waals surface area contributed by atoms with Crippen LogP contribution in [0.4, 0.5) is 4.39 Å². The van der Waals surface area contributed by atoms with Crippen LogP contribution in [0.25, 0.3) is 0 Å². The predicted molar refractivity (Wildman–Crippen MR) is 61.9 cm³/mol. The van der Waals surface area contributed by atoms with Gasteiger partial charge in [0, 0.05) is 6.61 Å². The Kier molecular flexibility index (Phi) is 4.80. The van der Waals surface area contributed by atoms with E-state index in [0.29, 0.717) is 6.61 Å². The highest BCUT2D eigenvalue weighted by Crippen LogP contribution is 2.16. The summed E-state index contributed by atoms with van der Waals surface area (Å²) in [4.78, 5) is 10.5. The normalized spacial score (nSPS) is 11.4. The molecule has 0 aliphatic heterocycles. The van der Waals surface area contributed by atoms with Crippen molar-refractivity contribution in [3.63, 3.8) is 0 Å². The zero-order valence-corrected chi connectivity index (χ0v) is 10.5. The van der Waals surface area contributed by atoms with Crippen LogP contribution in [0.5, 0.6) is 0 Å². The summed E-state index contributed by atoms with van der Waals surface area (Å²) in [6.07, 6.45) is 0. The van der Waals surface area contributed by atoms with Crippen molar-refractivity contribution in [2.75, 3.05) is 19.0 Å². The van der Waals surface area contributed by atoms with Crippen molar-refractivity contribution in [2.45, 2.75) is 11.8 Å². The third-order valence-corrected chi connectivity index (χ3v) is 3.90. The number of aromatic carboxylic acids is 1. The maximum atomic E-state index is 13.1. The van der Waals surface area contributed by atoms with Crippen LogP contribution in [0.3, 0.4) is 0 Å². The fourth-order valence-corrected chi connectivity index (χ4v) is 2.44. The first-order valence-electron chi connectivity index (χ1n) is 5.22. The van der Waals surface area contributed by atoms with E-state index in [9.17, 15) is 17.6 Å². The number of hydrogen-bond donors (Lipinski definition) is 1. The van der Waals surface area contributed by atoms with Crippen LogP contribution >= 0.6 is 0 Å². The molecule has 0 fully saturated rings. The lowest BCUT2D eigenvalue weighted by molar-refractivity contribution is 0.0691. The van der Waals surface area contributed by atoms with Crippen molar-refractivity contribution >= 4 is 15.8 Å². The van der Waals surface area contributed by atoms with Crippen molar-refractivity contribution < 1.29 is 27.4 Å². The summed E-state index contributed by atoms with van der Waals surface area (Å²) in [7, 11) is -3.66. The zero-order valence-electron chi connectivity index (χ0n) is 9.72. The monoisotopic (exact) mass is 276 g/mol. The number of carboxylic acid groups (broad SMARTS) is 1. The van der Waals surface area contributed by atoms with Gasteiger partial charge >= 0.3 is 5.97 Å². The fraction of sp³-hybridized carbons (Fsp3) is 0.364. The number of hydrogen-bond acceptors (Lipinski definition) is 4. The summed E-state index contributed by atoms with van der Waals surface area (Å²) in [5.74, 6) is -2.74. The zero-order chi connectivity index (χ0) is 13.8. The number of halogens is 1. The quantitative estimate of drug-likeness (QED) is 0.626. The van der Waals surface area contributed by atoms with Gasteiger partial charge < -0.3 is 9.84 Å². The van der Waals surface area contributed by atoms with E-state index in [1.807, 2.05) is 0 Å². The first-order chi connectivity index (χ1) is 8.38. The van der Waals surface area contributed by atoms with Gasteiger partial charge in [-0.25, -0.2) is 17.6 Å². The average Bonchev–Trinajstić information content (AvgIpc) is 2.29. The van der Waals surface area contributed by atoms with Crippen LogP contribution in [0, 0.1) is 5.82 Å². The standard InChI is InChI=1S/C11H13FO5S/c1-2-17-5-6-18(15,16)8-3-4-10(12)9(7-8)11(13)14/h3-4,7H,2,5-6H2,1H3,(H,13,14). The van der Waals surface area contributed by atoms with Crippen LogP contribution in [0.15, 0.2) is 23.1 Å². The van der Waals surface area contributed by atoms with Crippen LogP contribution in [0.1, 0.15) is 17.3 Å². The van der Waals surface area contributed by atoms with Gasteiger partial charge in [-0.15, -0.1) is 0 Å². The van der Waals surface area contributed by atoms with Crippen molar-refractivity contribution in [2.24, 2.45) is 0 Å². The molecule has 0 aliphatic rings. The molecule has 0 bridgehead atoms. The van der Waals surface area contributed by atoms with Gasteiger partial charge in [0.25, 0.3) is 0 Å². The molecule has 0 aliphatic carbocycles. The third kappa shape index (κ3) is 3.51. The first-order valence-corrected chi connectivity index (χ1v) is 6.87. The minimum absolute atomic E-state index is 0.0125. The molecular weight excluding hydrogens is 263 g/mol. The SMILES string of the molecule is CCOCCS(=O)(=O)c1ccc(F)c(C(=O)O)c1. The number of sulfone groups is 1. The molecule has 0 atom stereocenters. The molecule has 1 rings (SSSR count). The second kappa shape index (κ2) is 5.92. The van der Waals surface area contributed by atoms with E-state index in [-0.39, 0.29) is 17.3 Å². The predicted octanol–water partition coefficient (Wildman–Crippen LogP) is 1.33. The number of rotatable bonds is 6. The van der Waals surface area contributed by atoms with Gasteiger partial charge in [0.2, 0.25) is 0 Å². The molecule has 1 aromatic carbocycles. The molecule has 1 aromatic rings. The Bertz CT molecular complexity index is 538. The molecule has 0 spiro atoms. The number of ether oxygens (including phenoxy) is 1. The molecule has 0 saturated heterocycles. The van der Waals surface area contributed by atoms with Gasteiger partial charge in [-0.2, -0.15) is 0 Å². The maximum absolute atomic E-state index is 13.1. The van der Waals surface area contributed by atoms with E-state index in [4.69, 9.17) is 9.84 Å². The molecule has 0 amide bonds. The van der Waals surface area contributed by atoms with Gasteiger partial charge in [-0.05, 0) is 25.1 Å². The fourth-order valence-electron chi connectivity index (χ4n) is 1.29. The summed E-state index contributed by atoms with van der Waals surface area (Å²) in [6.45, 7) is 2.13. The van der Waals surface area contributed by atoms with E-state index in [2.05, 4.69) is 0 Å². The van der Waals surface area contributed by atoms with Crippen molar-refractivity contribution in [3.8, 4) is 0 Å². The second-order valence-electron chi connectivity index (χ2n) is 3.46. The van der Waals surface area contributed by atoms with Crippen molar-refractivity contribution in [1.29, 1.82) is 0 Å². The molecule has 1 N–H and O–H groups in total. The molecule has 5 nitrogen and oxygen atoms in total. The highest BCUT2D eigenvalue weighted by atomic mass is 32.2. The van der Waals surface area contributed by atoms with E-state index in [1.165, 1.54) is 0 Å². The summed E-state index contributed by atoms with van der Waals surface area (Å²) in [6, 6.07) is 2.69. The Hall–Kier alpha value is -1.47. The van der Waals surface area contributed by atoms with Crippen LogP contribution in [-0.2, 0) is 14.6 Å². The van der Waals surface area contributed by atoms with Gasteiger partial charge in [0.05, 0.1) is 22.8 Å². The van der Waals surface area contributed by atoms with Crippen LogP contribution in [-0.4, -0.2) is 38.5 Å². The molecule has 0 heterocycles. The van der Waals surface area contributed by atoms with Crippen LogP contribution in [0.2, 0.25) is 0 Å². The summed E-state index contributed by atoms with van der Waals surface area (Å²) < 4.78 is 41.6. The van der Waals surface area contributed by atoms with Crippen molar-refractivity contribution in [3.05, 3.63) is 29.6 Å². The highest BCUT2D eigenvalue weighted by Gasteiger charge is 2.19. The number of carbonyl (C=O) groups is 1. The maximum Gasteiger partial charge on any atom is 0.338 e. The lowest BCUT2D eigenvalue weighted by Crippen LogP contribution is -2.13. The first kappa shape index (κ1) is 14.6. The minimum Gasteiger partial charge on any atom is -0.478 e. The molecule has 7 heteroatoms. The Morgan fingerprint density at radius 1 is 1.44 bits per heavy atom. The van der Waals surface area contributed by atoms with Gasteiger partial charge in [-0.3, -0.25) is 0 Å². The molecule has 100 valence electrons. The largest absolute Gasteiger partial charge is 0.478 e. The summed E-state index contributed by atoms with van der Waals surface area (Å²) >= 11 is 0. The lowest BCUT2D eigenvalue weighted by Gasteiger charge is -2.06. The Morgan fingerprint density at radius 3 is 2.67 bits per heavy atom. The average molecular weight is 276 g/mol. The smallest absolute Gasteiger partial charge is 0.338 e. The summed E-state index contributed by atoms with van der Waals surface area (Å²) in [5.41, 5.74) is -0.660. The molecular formula is C11H13FO5S. The van der Waals surface area contributed by atoms with E-state index in [1.54, 1.807) is 6.92 Å². The van der Waals surface area contributed by atoms with Crippen LogP contribution < -0.4 is 0 Å². The van der Waals surface area contributed by atoms with E-state index >= 15 is 0 Å². The Labute approximate surface area is 104 Å². The molecule has 0 saturated carbocycles. The highest BCUT2D eigenvalue weighted by molar-refractivity contribution is 7.91. The van der Waals surface area contributed by atoms with E-state index < -0.39 is 27.2 Å². The Balaban J connectivity index is 3.02. The van der Waals surface area contributed by atoms with Crippen molar-refractivity contribution in [1.82, 2.24) is 0 Å². The number of carboxylic acids is 1. The molecule has 0 aromatic heterocycles. The molecule has 18 heavy (non-hydrogen) atoms. The third-order valence-electron chi connectivity index (χ3n) is 2.23. The van der Waals surface area contributed by atoms with Gasteiger partial charge in [-0.1, -0.05) is 0 Å². The summed E-state index contributed by atoms with van der Waals surface area (Å²) in [5, 5.41) is 8.71. The lowest BCUT2D eigenvalue weighted by atomic mass is 10.2.